The summed E-state index contributed by atoms with van der Waals surface area (Å²) in [5.74, 6) is 0.175. The minimum absolute atomic E-state index is 0.0353. The average molecular weight is 580 g/mol. The van der Waals surface area contributed by atoms with Crippen molar-refractivity contribution in [2.75, 3.05) is 4.31 Å². The van der Waals surface area contributed by atoms with Crippen LogP contribution in [0.15, 0.2) is 102 Å². The first-order valence-corrected chi connectivity index (χ1v) is 15.2. The molecule has 1 saturated carbocycles. The second-order valence-corrected chi connectivity index (χ2v) is 12.2. The Hall–Kier alpha value is -3.69. The molecular weight excluding hydrogens is 547 g/mol. The van der Waals surface area contributed by atoms with Gasteiger partial charge in [0.1, 0.15) is 5.82 Å². The molecule has 1 N–H and O–H groups in total. The first-order chi connectivity index (χ1) is 19.7. The van der Waals surface area contributed by atoms with Crippen molar-refractivity contribution in [1.29, 1.82) is 0 Å². The highest BCUT2D eigenvalue weighted by Crippen LogP contribution is 2.31. The molecule has 0 aliphatic heterocycles. The maximum absolute atomic E-state index is 13.6. The quantitative estimate of drug-likeness (QED) is 0.222. The van der Waals surface area contributed by atoms with Crippen molar-refractivity contribution < 1.29 is 21.6 Å². The molecule has 0 bridgehead atoms. The van der Waals surface area contributed by atoms with Crippen LogP contribution in [-0.4, -0.2) is 19.4 Å². The first-order valence-electron chi connectivity index (χ1n) is 13.7. The van der Waals surface area contributed by atoms with Gasteiger partial charge in [-0.1, -0.05) is 73.9 Å². The third-order valence-electron chi connectivity index (χ3n) is 7.44. The number of benzene rings is 3. The SMILES string of the molecule is O=S(=O)(c1ccc(C(F)(F)F)cc1)N(Cc1ccc(-c2ccc(CNC3CCCCC3)cc2)cc1)c1ccccn1. The smallest absolute Gasteiger partial charge is 0.310 e. The van der Waals surface area contributed by atoms with E-state index in [0.29, 0.717) is 11.6 Å². The lowest BCUT2D eigenvalue weighted by molar-refractivity contribution is -0.137. The van der Waals surface area contributed by atoms with Crippen molar-refractivity contribution in [3.63, 3.8) is 0 Å². The fourth-order valence-corrected chi connectivity index (χ4v) is 6.49. The van der Waals surface area contributed by atoms with Gasteiger partial charge in [-0.05, 0) is 71.5 Å². The lowest BCUT2D eigenvalue weighted by Gasteiger charge is -2.24. The highest BCUT2D eigenvalue weighted by molar-refractivity contribution is 7.92. The molecule has 3 aromatic carbocycles. The predicted molar refractivity (Wildman–Crippen MR) is 155 cm³/mol. The van der Waals surface area contributed by atoms with Gasteiger partial charge < -0.3 is 5.32 Å². The van der Waals surface area contributed by atoms with Crippen LogP contribution in [-0.2, 0) is 29.3 Å². The van der Waals surface area contributed by atoms with Crippen LogP contribution in [0.4, 0.5) is 19.0 Å². The van der Waals surface area contributed by atoms with Crippen LogP contribution < -0.4 is 9.62 Å². The van der Waals surface area contributed by atoms with Crippen LogP contribution in [0, 0.1) is 0 Å². The topological polar surface area (TPSA) is 62.3 Å². The van der Waals surface area contributed by atoms with Crippen molar-refractivity contribution in [2.24, 2.45) is 0 Å². The van der Waals surface area contributed by atoms with Crippen molar-refractivity contribution in [3.8, 4) is 11.1 Å². The summed E-state index contributed by atoms with van der Waals surface area (Å²) in [6, 6.07) is 25.0. The van der Waals surface area contributed by atoms with E-state index in [0.717, 1.165) is 46.2 Å². The Morgan fingerprint density at radius 1 is 0.780 bits per heavy atom. The monoisotopic (exact) mass is 579 g/mol. The van der Waals surface area contributed by atoms with E-state index < -0.39 is 21.8 Å². The van der Waals surface area contributed by atoms with Crippen LogP contribution in [0.25, 0.3) is 11.1 Å². The van der Waals surface area contributed by atoms with E-state index in [-0.39, 0.29) is 17.3 Å². The molecule has 4 aromatic rings. The van der Waals surface area contributed by atoms with Crippen LogP contribution in [0.1, 0.15) is 48.8 Å². The summed E-state index contributed by atoms with van der Waals surface area (Å²) in [6.07, 6.45) is 3.34. The third-order valence-corrected chi connectivity index (χ3v) is 9.21. The highest BCUT2D eigenvalue weighted by Gasteiger charge is 2.32. The van der Waals surface area contributed by atoms with E-state index in [9.17, 15) is 21.6 Å². The Bertz CT molecular complexity index is 1520. The molecule has 5 rings (SSSR count). The van der Waals surface area contributed by atoms with Crippen molar-refractivity contribution >= 4 is 15.8 Å². The number of rotatable bonds is 9. The molecule has 0 radical (unpaired) electrons. The standard InChI is InChI=1S/C32H32F3N3O2S/c33-32(34,35)28-17-19-30(20-18-28)41(39,40)38(31-8-4-5-21-36-31)23-25-11-15-27(16-12-25)26-13-9-24(10-14-26)22-37-29-6-2-1-3-7-29/h4-5,8-21,29,37H,1-3,6-7,22-23H2. The predicted octanol–water partition coefficient (Wildman–Crippen LogP) is 7.59. The van der Waals surface area contributed by atoms with E-state index in [4.69, 9.17) is 0 Å². The van der Waals surface area contributed by atoms with E-state index in [2.05, 4.69) is 34.6 Å². The fraction of sp³-hybridized carbons (Fsp3) is 0.281. The van der Waals surface area contributed by atoms with Crippen molar-refractivity contribution in [2.45, 2.75) is 62.3 Å². The molecule has 1 aromatic heterocycles. The summed E-state index contributed by atoms with van der Waals surface area (Å²) >= 11 is 0. The average Bonchev–Trinajstić information content (AvgIpc) is 3.00. The zero-order chi connectivity index (χ0) is 28.9. The van der Waals surface area contributed by atoms with Gasteiger partial charge in [0, 0.05) is 18.8 Å². The Labute approximate surface area is 239 Å². The third kappa shape index (κ3) is 7.15. The van der Waals surface area contributed by atoms with Crippen LogP contribution in [0.3, 0.4) is 0 Å². The van der Waals surface area contributed by atoms with Gasteiger partial charge in [-0.2, -0.15) is 13.2 Å². The van der Waals surface area contributed by atoms with Gasteiger partial charge in [0.15, 0.2) is 0 Å². The molecule has 0 saturated heterocycles. The minimum atomic E-state index is -4.56. The van der Waals surface area contributed by atoms with Gasteiger partial charge >= 0.3 is 6.18 Å². The molecule has 0 atom stereocenters. The lowest BCUT2D eigenvalue weighted by atomic mass is 9.95. The van der Waals surface area contributed by atoms with Crippen molar-refractivity contribution in [3.05, 3.63) is 114 Å². The Morgan fingerprint density at radius 3 is 1.95 bits per heavy atom. The van der Waals surface area contributed by atoms with Gasteiger partial charge in [0.2, 0.25) is 0 Å². The molecule has 1 aliphatic rings. The molecule has 0 unspecified atom stereocenters. The lowest BCUT2D eigenvalue weighted by Crippen LogP contribution is -2.31. The molecule has 9 heteroatoms. The molecule has 1 fully saturated rings. The van der Waals surface area contributed by atoms with Gasteiger partial charge in [-0.25, -0.2) is 17.7 Å². The van der Waals surface area contributed by atoms with Gasteiger partial charge in [0.25, 0.3) is 10.0 Å². The number of pyridine rings is 1. The highest BCUT2D eigenvalue weighted by atomic mass is 32.2. The second-order valence-electron chi connectivity index (χ2n) is 10.3. The number of anilines is 1. The fourth-order valence-electron chi connectivity index (χ4n) is 5.09. The van der Waals surface area contributed by atoms with E-state index in [1.807, 2.05) is 24.3 Å². The minimum Gasteiger partial charge on any atom is -0.310 e. The summed E-state index contributed by atoms with van der Waals surface area (Å²) < 4.78 is 67.4. The number of aromatic nitrogens is 1. The largest absolute Gasteiger partial charge is 0.416 e. The molecule has 41 heavy (non-hydrogen) atoms. The molecule has 0 amide bonds. The number of nitrogens with one attached hydrogen (secondary N) is 1. The zero-order valence-corrected chi connectivity index (χ0v) is 23.3. The number of nitrogens with zero attached hydrogens (tertiary/aromatic N) is 2. The summed E-state index contributed by atoms with van der Waals surface area (Å²) in [4.78, 5) is 3.96. The molecule has 214 valence electrons. The Morgan fingerprint density at radius 2 is 1.39 bits per heavy atom. The maximum Gasteiger partial charge on any atom is 0.416 e. The number of alkyl halides is 3. The van der Waals surface area contributed by atoms with Gasteiger partial charge in [-0.3, -0.25) is 0 Å². The summed E-state index contributed by atoms with van der Waals surface area (Å²) in [7, 11) is -4.20. The van der Waals surface area contributed by atoms with Crippen molar-refractivity contribution in [1.82, 2.24) is 10.3 Å². The van der Waals surface area contributed by atoms with Crippen LogP contribution >= 0.6 is 0 Å². The van der Waals surface area contributed by atoms with E-state index in [1.54, 1.807) is 18.2 Å². The van der Waals surface area contributed by atoms with Gasteiger partial charge in [0.05, 0.1) is 17.0 Å². The molecule has 5 nitrogen and oxygen atoms in total. The Balaban J connectivity index is 1.31. The van der Waals surface area contributed by atoms with E-state index >= 15 is 0 Å². The zero-order valence-electron chi connectivity index (χ0n) is 22.5. The van der Waals surface area contributed by atoms with Crippen LogP contribution in [0.5, 0.6) is 0 Å². The first kappa shape index (κ1) is 28.8. The summed E-state index contributed by atoms with van der Waals surface area (Å²) in [5, 5.41) is 3.66. The second kappa shape index (κ2) is 12.4. The number of hydrogen-bond acceptors (Lipinski definition) is 4. The molecular formula is C32H32F3N3O2S. The molecule has 1 aliphatic carbocycles. The molecule has 1 heterocycles. The van der Waals surface area contributed by atoms with E-state index in [1.165, 1.54) is 43.9 Å². The maximum atomic E-state index is 13.6. The van der Waals surface area contributed by atoms with Crippen LogP contribution in [0.2, 0.25) is 0 Å². The summed E-state index contributed by atoms with van der Waals surface area (Å²) in [6.45, 7) is 0.813. The summed E-state index contributed by atoms with van der Waals surface area (Å²) in [5.41, 5.74) is 3.08. The van der Waals surface area contributed by atoms with Gasteiger partial charge in [-0.15, -0.1) is 0 Å². The Kier molecular flexibility index (Phi) is 8.75. The normalized spacial score (nSPS) is 14.6. The molecule has 0 spiro atoms. The number of sulfonamides is 1. The number of halogens is 3. The number of hydrogen-bond donors (Lipinski definition) is 1.